The zero-order valence-electron chi connectivity index (χ0n) is 18.4. The van der Waals surface area contributed by atoms with Crippen LogP contribution in [-0.2, 0) is 0 Å². The lowest BCUT2D eigenvalue weighted by Crippen LogP contribution is -2.66. The Kier molecular flexibility index (Phi) is 4.17. The number of halogens is 1. The number of methoxy groups -OCH3 is 1. The molecule has 1 saturated carbocycles. The highest BCUT2D eigenvalue weighted by Crippen LogP contribution is 2.50. The fraction of sp³-hybridized carbons (Fsp3) is 0.375. The summed E-state index contributed by atoms with van der Waals surface area (Å²) in [6.07, 6.45) is 10.0. The molecule has 0 amide bonds. The predicted molar refractivity (Wildman–Crippen MR) is 122 cm³/mol. The molecule has 1 aliphatic heterocycles. The monoisotopic (exact) mass is 432 g/mol. The summed E-state index contributed by atoms with van der Waals surface area (Å²) >= 11 is 0. The third-order valence-electron chi connectivity index (χ3n) is 7.13. The van der Waals surface area contributed by atoms with Gasteiger partial charge in [-0.25, -0.2) is 13.9 Å². The Balaban J connectivity index is 1.31. The van der Waals surface area contributed by atoms with Crippen LogP contribution in [0, 0.1) is 11.2 Å². The van der Waals surface area contributed by atoms with Crippen molar-refractivity contribution in [2.75, 3.05) is 39.2 Å². The van der Waals surface area contributed by atoms with E-state index in [0.717, 1.165) is 40.9 Å². The largest absolute Gasteiger partial charge is 0.494 e. The van der Waals surface area contributed by atoms with Crippen LogP contribution >= 0.6 is 0 Å². The first-order chi connectivity index (χ1) is 15.5. The second kappa shape index (κ2) is 6.87. The van der Waals surface area contributed by atoms with E-state index >= 15 is 0 Å². The van der Waals surface area contributed by atoms with Crippen molar-refractivity contribution in [2.45, 2.75) is 18.9 Å². The maximum absolute atomic E-state index is 14.2. The standard InChI is InChI=1S/C24H25FN6O/c1-29(2)15-8-24(9-15)13-30(14-24)16-10-27-23-19(11-28-31(23)12-16)17-4-5-26-21-7-20(25)22(32-3)6-18(17)21/h4-7,10-12,15H,8-9,13-14H2,1-3H3. The van der Waals surface area contributed by atoms with Gasteiger partial charge < -0.3 is 14.5 Å². The molecule has 4 aromatic rings. The van der Waals surface area contributed by atoms with Gasteiger partial charge in [-0.3, -0.25) is 4.98 Å². The molecule has 2 fully saturated rings. The number of aromatic nitrogens is 4. The molecular formula is C24H25FN6O. The lowest BCUT2D eigenvalue weighted by Gasteiger charge is -2.61. The fourth-order valence-corrected chi connectivity index (χ4v) is 5.27. The Hall–Kier alpha value is -3.26. The summed E-state index contributed by atoms with van der Waals surface area (Å²) in [5, 5.41) is 5.37. The lowest BCUT2D eigenvalue weighted by molar-refractivity contribution is 0.00127. The number of ether oxygens (including phenoxy) is 1. The lowest BCUT2D eigenvalue weighted by atomic mass is 9.60. The summed E-state index contributed by atoms with van der Waals surface area (Å²) in [5.74, 6) is -0.236. The van der Waals surface area contributed by atoms with Crippen molar-refractivity contribution in [3.05, 3.63) is 48.8 Å². The van der Waals surface area contributed by atoms with E-state index < -0.39 is 5.82 Å². The minimum atomic E-state index is -0.428. The van der Waals surface area contributed by atoms with E-state index in [2.05, 4.69) is 34.0 Å². The second-order valence-electron chi connectivity index (χ2n) is 9.38. The SMILES string of the molecule is COc1cc2c(-c3cnn4cc(N5CC6(CC(N(C)C)C6)C5)cnc34)ccnc2cc1F. The smallest absolute Gasteiger partial charge is 0.167 e. The van der Waals surface area contributed by atoms with E-state index in [0.29, 0.717) is 17.0 Å². The normalized spacial score (nSPS) is 17.8. The highest BCUT2D eigenvalue weighted by molar-refractivity contribution is 5.98. The fourth-order valence-electron chi connectivity index (χ4n) is 5.27. The van der Waals surface area contributed by atoms with Crippen molar-refractivity contribution >= 4 is 22.2 Å². The quantitative estimate of drug-likeness (QED) is 0.491. The molecule has 8 heteroatoms. The maximum atomic E-state index is 14.2. The highest BCUT2D eigenvalue weighted by Gasteiger charge is 2.53. The van der Waals surface area contributed by atoms with Crippen molar-refractivity contribution in [3.63, 3.8) is 0 Å². The van der Waals surface area contributed by atoms with E-state index in [-0.39, 0.29) is 5.75 Å². The minimum Gasteiger partial charge on any atom is -0.494 e. The highest BCUT2D eigenvalue weighted by atomic mass is 19.1. The molecule has 0 N–H and O–H groups in total. The summed E-state index contributed by atoms with van der Waals surface area (Å²) in [5.41, 5.74) is 4.68. The molecule has 4 heterocycles. The molecule has 1 aromatic carbocycles. The molecule has 3 aromatic heterocycles. The molecule has 1 aliphatic carbocycles. The number of hydrogen-bond donors (Lipinski definition) is 0. The number of rotatable bonds is 4. The summed E-state index contributed by atoms with van der Waals surface area (Å²) in [6, 6.07) is 5.71. The van der Waals surface area contributed by atoms with Gasteiger partial charge in [0, 0.05) is 47.8 Å². The number of fused-ring (bicyclic) bond motifs is 2. The molecular weight excluding hydrogens is 407 g/mol. The van der Waals surface area contributed by atoms with E-state index in [1.54, 1.807) is 12.3 Å². The predicted octanol–water partition coefficient (Wildman–Crippen LogP) is 3.62. The Morgan fingerprint density at radius 3 is 2.69 bits per heavy atom. The Morgan fingerprint density at radius 1 is 1.12 bits per heavy atom. The molecule has 0 bridgehead atoms. The van der Waals surface area contributed by atoms with E-state index in [1.807, 2.05) is 29.2 Å². The van der Waals surface area contributed by atoms with Gasteiger partial charge in [0.15, 0.2) is 17.2 Å². The molecule has 32 heavy (non-hydrogen) atoms. The topological polar surface area (TPSA) is 58.8 Å². The van der Waals surface area contributed by atoms with Gasteiger partial charge in [-0.15, -0.1) is 0 Å². The van der Waals surface area contributed by atoms with Crippen molar-refractivity contribution in [1.82, 2.24) is 24.5 Å². The van der Waals surface area contributed by atoms with Crippen molar-refractivity contribution in [3.8, 4) is 16.9 Å². The van der Waals surface area contributed by atoms with Gasteiger partial charge in [-0.05, 0) is 44.6 Å². The zero-order valence-corrected chi connectivity index (χ0v) is 18.4. The summed E-state index contributed by atoms with van der Waals surface area (Å²) in [7, 11) is 5.79. The number of benzene rings is 1. The molecule has 0 unspecified atom stereocenters. The van der Waals surface area contributed by atoms with Crippen molar-refractivity contribution < 1.29 is 9.13 Å². The average molecular weight is 433 g/mol. The van der Waals surface area contributed by atoms with Crippen LogP contribution in [0.25, 0.3) is 27.7 Å². The number of hydrogen-bond acceptors (Lipinski definition) is 6. The summed E-state index contributed by atoms with van der Waals surface area (Å²) in [4.78, 5) is 13.8. The van der Waals surface area contributed by atoms with Gasteiger partial charge >= 0.3 is 0 Å². The minimum absolute atomic E-state index is 0.192. The zero-order chi connectivity index (χ0) is 22.0. The third-order valence-corrected chi connectivity index (χ3v) is 7.13. The number of nitrogens with zero attached hydrogens (tertiary/aromatic N) is 6. The molecule has 6 rings (SSSR count). The van der Waals surface area contributed by atoms with Crippen LogP contribution in [-0.4, -0.2) is 64.8 Å². The Morgan fingerprint density at radius 2 is 1.94 bits per heavy atom. The van der Waals surface area contributed by atoms with Crippen LogP contribution in [0.1, 0.15) is 12.8 Å². The maximum Gasteiger partial charge on any atom is 0.167 e. The second-order valence-corrected chi connectivity index (χ2v) is 9.38. The van der Waals surface area contributed by atoms with Crippen LogP contribution in [0.15, 0.2) is 43.0 Å². The van der Waals surface area contributed by atoms with Crippen molar-refractivity contribution in [1.29, 1.82) is 0 Å². The molecule has 0 radical (unpaired) electrons. The molecule has 0 atom stereocenters. The summed E-state index contributed by atoms with van der Waals surface area (Å²) in [6.45, 7) is 2.16. The van der Waals surface area contributed by atoms with E-state index in [4.69, 9.17) is 9.72 Å². The van der Waals surface area contributed by atoms with Gasteiger partial charge in [0.05, 0.1) is 36.9 Å². The average Bonchev–Trinajstić information content (AvgIpc) is 3.13. The molecule has 1 saturated heterocycles. The molecule has 7 nitrogen and oxygen atoms in total. The number of pyridine rings is 1. The molecule has 1 spiro atoms. The van der Waals surface area contributed by atoms with Gasteiger partial charge in [0.25, 0.3) is 0 Å². The van der Waals surface area contributed by atoms with Crippen LogP contribution in [0.4, 0.5) is 10.1 Å². The van der Waals surface area contributed by atoms with Crippen LogP contribution in [0.2, 0.25) is 0 Å². The summed E-state index contributed by atoms with van der Waals surface area (Å²) < 4.78 is 21.2. The first-order valence-electron chi connectivity index (χ1n) is 10.8. The molecule has 2 aliphatic rings. The van der Waals surface area contributed by atoms with Crippen LogP contribution < -0.4 is 9.64 Å². The van der Waals surface area contributed by atoms with E-state index in [9.17, 15) is 4.39 Å². The Labute approximate surface area is 185 Å². The molecule has 164 valence electrons. The number of anilines is 1. The van der Waals surface area contributed by atoms with Gasteiger partial charge in [-0.2, -0.15) is 5.10 Å². The van der Waals surface area contributed by atoms with Crippen LogP contribution in [0.5, 0.6) is 5.75 Å². The first kappa shape index (κ1) is 19.4. The van der Waals surface area contributed by atoms with Crippen molar-refractivity contribution in [2.24, 2.45) is 5.41 Å². The van der Waals surface area contributed by atoms with Gasteiger partial charge in [0.2, 0.25) is 0 Å². The third kappa shape index (κ3) is 2.86. The van der Waals surface area contributed by atoms with Gasteiger partial charge in [-0.1, -0.05) is 0 Å². The van der Waals surface area contributed by atoms with Crippen LogP contribution in [0.3, 0.4) is 0 Å². The van der Waals surface area contributed by atoms with Gasteiger partial charge in [0.1, 0.15) is 0 Å². The Bertz CT molecular complexity index is 1340. The first-order valence-corrected chi connectivity index (χ1v) is 10.8. The van der Waals surface area contributed by atoms with E-state index in [1.165, 1.54) is 26.0 Å².